The van der Waals surface area contributed by atoms with Crippen molar-refractivity contribution in [1.29, 1.82) is 0 Å². The van der Waals surface area contributed by atoms with E-state index in [1.54, 1.807) is 56.9 Å². The molecule has 4 aromatic carbocycles. The SMILES string of the molecule is COc1ccc(C[C@@H]2c3cc(OC)c(OC)cc3CC[N@+]2(C)CCCOCCCC(=O)OCCC[N@+]2(C)CCc3cc(OC)c(OC)cc3[C@@H]2Cc2ccc(OC)c(OC)c2)cc1OC. The van der Waals surface area contributed by atoms with Crippen molar-refractivity contribution in [3.63, 3.8) is 0 Å². The number of ether oxygens (including phenoxy) is 10. The van der Waals surface area contributed by atoms with Crippen molar-refractivity contribution in [3.8, 4) is 46.0 Å². The van der Waals surface area contributed by atoms with Crippen molar-refractivity contribution in [3.05, 3.63) is 94.0 Å². The molecule has 0 unspecified atom stereocenters. The maximum absolute atomic E-state index is 12.9. The standard InChI is InChI=1S/C52H72N2O11/c1-53(23-19-38-32-48(60-7)50(62-9)34-40(38)42(53)28-36-15-17-44(56-3)46(30-36)58-5)21-12-26-64-25-11-14-52(55)65-27-13-22-54(2)24-20-39-33-49(61-8)51(63-10)35-41(39)43(54)29-37-16-18-45(57-4)47(31-37)59-6/h15-18,30-35,42-43H,11-14,19-29H2,1-10H3/q+2/t42-,43+,53+,54-/m1/s1. The smallest absolute Gasteiger partial charge is 0.305 e. The van der Waals surface area contributed by atoms with Crippen LogP contribution in [0.25, 0.3) is 0 Å². The first-order valence-corrected chi connectivity index (χ1v) is 22.8. The van der Waals surface area contributed by atoms with E-state index in [1.165, 1.54) is 27.8 Å². The summed E-state index contributed by atoms with van der Waals surface area (Å²) in [4.78, 5) is 12.9. The molecule has 13 heteroatoms. The lowest BCUT2D eigenvalue weighted by atomic mass is 9.86. The van der Waals surface area contributed by atoms with Crippen LogP contribution in [0.5, 0.6) is 46.0 Å². The van der Waals surface area contributed by atoms with Crippen molar-refractivity contribution in [1.82, 2.24) is 0 Å². The third-order valence-electron chi connectivity index (χ3n) is 13.8. The van der Waals surface area contributed by atoms with Gasteiger partial charge in [0.2, 0.25) is 0 Å². The Labute approximate surface area is 386 Å². The first kappa shape index (κ1) is 49.1. The number of fused-ring (bicyclic) bond motifs is 2. The largest absolute Gasteiger partial charge is 0.493 e. The molecule has 2 aliphatic rings. The molecule has 0 saturated carbocycles. The Morgan fingerprint density at radius 2 is 0.877 bits per heavy atom. The molecular formula is C52H72N2O11+2. The van der Waals surface area contributed by atoms with Crippen LogP contribution in [-0.4, -0.2) is 132 Å². The number of nitrogens with zero attached hydrogens (tertiary/aromatic N) is 2. The fourth-order valence-corrected chi connectivity index (χ4v) is 9.95. The third-order valence-corrected chi connectivity index (χ3v) is 13.8. The van der Waals surface area contributed by atoms with Crippen molar-refractivity contribution in [2.75, 3.05) is 117 Å². The molecule has 0 spiro atoms. The Balaban J connectivity index is 0.995. The number of hydrogen-bond acceptors (Lipinski definition) is 11. The van der Waals surface area contributed by atoms with Gasteiger partial charge in [-0.15, -0.1) is 0 Å². The Bertz CT molecular complexity index is 2210. The molecule has 0 aliphatic carbocycles. The second-order valence-electron chi connectivity index (χ2n) is 17.6. The van der Waals surface area contributed by atoms with Gasteiger partial charge < -0.3 is 56.3 Å². The molecule has 354 valence electrons. The highest BCUT2D eigenvalue weighted by Crippen LogP contribution is 2.45. The van der Waals surface area contributed by atoms with E-state index in [2.05, 4.69) is 62.6 Å². The molecule has 13 nitrogen and oxygen atoms in total. The van der Waals surface area contributed by atoms with Crippen molar-refractivity contribution in [2.24, 2.45) is 0 Å². The molecule has 2 heterocycles. The normalized spacial score (nSPS) is 19.9. The molecule has 0 N–H and O–H groups in total. The Hall–Kier alpha value is -5.37. The summed E-state index contributed by atoms with van der Waals surface area (Å²) in [6.07, 6.45) is 6.03. The molecule has 0 amide bonds. The first-order valence-electron chi connectivity index (χ1n) is 22.8. The number of hydrogen-bond donors (Lipinski definition) is 0. The fraction of sp³-hybridized carbons (Fsp3) is 0.519. The average molecular weight is 901 g/mol. The summed E-state index contributed by atoms with van der Waals surface area (Å²) in [7, 11) is 18.0. The quantitative estimate of drug-likeness (QED) is 0.0386. The summed E-state index contributed by atoms with van der Waals surface area (Å²) in [6, 6.07) is 21.2. The van der Waals surface area contributed by atoms with Gasteiger partial charge in [0.1, 0.15) is 12.1 Å². The summed E-state index contributed by atoms with van der Waals surface area (Å²) in [6.45, 7) is 5.22. The lowest BCUT2D eigenvalue weighted by molar-refractivity contribution is -0.941. The Morgan fingerprint density at radius 3 is 1.31 bits per heavy atom. The Morgan fingerprint density at radius 1 is 0.492 bits per heavy atom. The zero-order chi connectivity index (χ0) is 46.6. The van der Waals surface area contributed by atoms with Gasteiger partial charge in [-0.25, -0.2) is 0 Å². The van der Waals surface area contributed by atoms with Gasteiger partial charge in [-0.3, -0.25) is 4.79 Å². The summed E-state index contributed by atoms with van der Waals surface area (Å²) in [5.41, 5.74) is 7.41. The molecule has 6 rings (SSSR count). The minimum atomic E-state index is -0.186. The van der Waals surface area contributed by atoms with Gasteiger partial charge >= 0.3 is 5.97 Å². The van der Waals surface area contributed by atoms with E-state index in [1.807, 2.05) is 12.1 Å². The molecule has 0 saturated heterocycles. The maximum atomic E-state index is 12.9. The highest BCUT2D eigenvalue weighted by Gasteiger charge is 2.41. The first-order chi connectivity index (χ1) is 31.5. The van der Waals surface area contributed by atoms with E-state index in [0.29, 0.717) is 49.9 Å². The van der Waals surface area contributed by atoms with E-state index in [4.69, 9.17) is 47.4 Å². The van der Waals surface area contributed by atoms with Gasteiger partial charge in [-0.2, -0.15) is 0 Å². The molecule has 4 aromatic rings. The van der Waals surface area contributed by atoms with E-state index < -0.39 is 0 Å². The summed E-state index contributed by atoms with van der Waals surface area (Å²) >= 11 is 0. The molecule has 2 aliphatic heterocycles. The van der Waals surface area contributed by atoms with Gasteiger partial charge in [0.05, 0.1) is 110 Å². The number of quaternary nitrogens is 2. The average Bonchev–Trinajstić information content (AvgIpc) is 3.33. The number of esters is 1. The number of carbonyl (C=O) groups is 1. The van der Waals surface area contributed by atoms with Crippen molar-refractivity contribution >= 4 is 5.97 Å². The molecule has 0 radical (unpaired) electrons. The van der Waals surface area contributed by atoms with Crippen LogP contribution in [0, 0.1) is 0 Å². The van der Waals surface area contributed by atoms with Crippen LogP contribution in [0.3, 0.4) is 0 Å². The number of likely N-dealkylation sites (N-methyl/N-ethyl adjacent to an activating group) is 2. The minimum Gasteiger partial charge on any atom is -0.493 e. The topological polar surface area (TPSA) is 109 Å². The van der Waals surface area contributed by atoms with Crippen LogP contribution in [0.1, 0.15) is 71.1 Å². The highest BCUT2D eigenvalue weighted by atomic mass is 16.5. The monoisotopic (exact) mass is 901 g/mol. The second kappa shape index (κ2) is 22.7. The molecule has 65 heavy (non-hydrogen) atoms. The van der Waals surface area contributed by atoms with Gasteiger partial charge in [0.25, 0.3) is 0 Å². The number of benzene rings is 4. The van der Waals surface area contributed by atoms with E-state index in [-0.39, 0.29) is 18.1 Å². The van der Waals surface area contributed by atoms with Crippen LogP contribution < -0.4 is 37.9 Å². The van der Waals surface area contributed by atoms with Gasteiger partial charge in [0, 0.05) is 62.7 Å². The number of carbonyl (C=O) groups excluding carboxylic acids is 1. The molecular weight excluding hydrogens is 829 g/mol. The zero-order valence-corrected chi connectivity index (χ0v) is 40.4. The van der Waals surface area contributed by atoms with E-state index in [9.17, 15) is 4.79 Å². The Kier molecular flexibility index (Phi) is 17.1. The predicted molar refractivity (Wildman–Crippen MR) is 251 cm³/mol. The minimum absolute atomic E-state index is 0.135. The van der Waals surface area contributed by atoms with Crippen LogP contribution in [0.2, 0.25) is 0 Å². The van der Waals surface area contributed by atoms with Crippen LogP contribution in [0.4, 0.5) is 0 Å². The second-order valence-corrected chi connectivity index (χ2v) is 17.6. The third kappa shape index (κ3) is 11.5. The van der Waals surface area contributed by atoms with E-state index >= 15 is 0 Å². The zero-order valence-electron chi connectivity index (χ0n) is 40.4. The van der Waals surface area contributed by atoms with Crippen molar-refractivity contribution in [2.45, 2.75) is 63.5 Å². The molecule has 0 bridgehead atoms. The lowest BCUT2D eigenvalue weighted by Crippen LogP contribution is -2.52. The number of rotatable bonds is 24. The highest BCUT2D eigenvalue weighted by molar-refractivity contribution is 5.69. The molecule has 0 aromatic heterocycles. The van der Waals surface area contributed by atoms with Crippen LogP contribution in [-0.2, 0) is 40.0 Å². The van der Waals surface area contributed by atoms with Crippen LogP contribution in [0.15, 0.2) is 60.7 Å². The van der Waals surface area contributed by atoms with Gasteiger partial charge in [-0.05, 0) is 77.2 Å². The predicted octanol–water partition coefficient (Wildman–Crippen LogP) is 8.15. The summed E-state index contributed by atoms with van der Waals surface area (Å²) in [5.74, 6) is 5.61. The summed E-state index contributed by atoms with van der Waals surface area (Å²) in [5, 5.41) is 0. The number of methoxy groups -OCH3 is 8. The van der Waals surface area contributed by atoms with Crippen molar-refractivity contribution < 1.29 is 61.1 Å². The molecule has 4 atom stereocenters. The van der Waals surface area contributed by atoms with Gasteiger partial charge in [0.15, 0.2) is 46.0 Å². The maximum Gasteiger partial charge on any atom is 0.305 e. The van der Waals surface area contributed by atoms with Gasteiger partial charge in [-0.1, -0.05) is 12.1 Å². The van der Waals surface area contributed by atoms with E-state index in [0.717, 1.165) is 108 Å². The lowest BCUT2D eigenvalue weighted by Gasteiger charge is -2.46. The fourth-order valence-electron chi connectivity index (χ4n) is 9.95. The molecule has 0 fully saturated rings. The summed E-state index contributed by atoms with van der Waals surface area (Å²) < 4.78 is 58.8. The van der Waals surface area contributed by atoms with Crippen LogP contribution >= 0.6 is 0 Å².